The van der Waals surface area contributed by atoms with Gasteiger partial charge >= 0.3 is 0 Å². The summed E-state index contributed by atoms with van der Waals surface area (Å²) in [6.07, 6.45) is 1.50. The van der Waals surface area contributed by atoms with Crippen molar-refractivity contribution >= 4 is 39.7 Å². The first-order chi connectivity index (χ1) is 7.92. The Morgan fingerprint density at radius 2 is 2.00 bits per heavy atom. The van der Waals surface area contributed by atoms with Gasteiger partial charge in [-0.25, -0.2) is 0 Å². The van der Waals surface area contributed by atoms with Gasteiger partial charge in [0.15, 0.2) is 9.74 Å². The first kappa shape index (κ1) is 11.4. The van der Waals surface area contributed by atoms with Crippen LogP contribution in [0.25, 0.3) is 0 Å². The van der Waals surface area contributed by atoms with Gasteiger partial charge in [-0.2, -0.15) is 0 Å². The largest absolute Gasteiger partial charge is 0.320 e. The van der Waals surface area contributed by atoms with Gasteiger partial charge in [-0.05, 0) is 19.8 Å². The number of rotatable bonds is 0. The van der Waals surface area contributed by atoms with Crippen molar-refractivity contribution in [1.29, 1.82) is 5.41 Å². The van der Waals surface area contributed by atoms with Crippen LogP contribution in [0.5, 0.6) is 0 Å². The third-order valence-corrected chi connectivity index (χ3v) is 6.46. The zero-order valence-corrected chi connectivity index (χ0v) is 11.3. The summed E-state index contributed by atoms with van der Waals surface area (Å²) in [4.78, 5) is 26.5. The molecule has 1 N–H and O–H groups in total. The Morgan fingerprint density at radius 1 is 1.29 bits per heavy atom. The van der Waals surface area contributed by atoms with Gasteiger partial charge in [-0.3, -0.25) is 15.0 Å². The number of nitrogens with zero attached hydrogens (tertiary/aromatic N) is 2. The lowest BCUT2D eigenvalue weighted by atomic mass is 10.1. The average Bonchev–Trinajstić information content (AvgIpc) is 2.63. The van der Waals surface area contributed by atoms with Gasteiger partial charge < -0.3 is 9.80 Å². The van der Waals surface area contributed by atoms with Gasteiger partial charge in [-0.15, -0.1) is 0 Å². The van der Waals surface area contributed by atoms with Crippen molar-refractivity contribution < 1.29 is 9.59 Å². The van der Waals surface area contributed by atoms with Crippen molar-refractivity contribution in [2.24, 2.45) is 0 Å². The third-order valence-electron chi connectivity index (χ3n) is 3.81. The van der Waals surface area contributed by atoms with E-state index in [1.807, 2.05) is 0 Å². The van der Waals surface area contributed by atoms with Crippen LogP contribution in [-0.4, -0.2) is 49.3 Å². The standard InChI is InChI=1S/C10H13N3O2S2/c1-9-6(14)13-5-3-4-10(13,7(15)12(9)2)17-8(11)16-9/h11H,3-5H2,1-2H3/t9-,10+/m1/s1. The number of hydrogen-bond acceptors (Lipinski definition) is 5. The fourth-order valence-corrected chi connectivity index (χ4v) is 5.65. The molecule has 0 aliphatic carbocycles. The highest BCUT2D eigenvalue weighted by Crippen LogP contribution is 2.55. The average molecular weight is 271 g/mol. The normalized spacial score (nSPS) is 40.9. The molecule has 4 aliphatic rings. The molecule has 1 spiro atoms. The highest BCUT2D eigenvalue weighted by molar-refractivity contribution is 8.40. The Labute approximate surface area is 108 Å². The first-order valence-corrected chi connectivity index (χ1v) is 7.12. The van der Waals surface area contributed by atoms with Crippen molar-refractivity contribution in [2.45, 2.75) is 29.5 Å². The zero-order chi connectivity index (χ0) is 12.4. The molecule has 2 bridgehead atoms. The maximum absolute atomic E-state index is 12.5. The summed E-state index contributed by atoms with van der Waals surface area (Å²) in [5, 5.41) is 7.94. The van der Waals surface area contributed by atoms with Crippen LogP contribution in [-0.2, 0) is 9.59 Å². The predicted molar refractivity (Wildman–Crippen MR) is 67.8 cm³/mol. The number of carbonyl (C=O) groups is 2. The topological polar surface area (TPSA) is 64.5 Å². The lowest BCUT2D eigenvalue weighted by Gasteiger charge is -2.48. The van der Waals surface area contributed by atoms with E-state index in [0.29, 0.717) is 17.3 Å². The minimum atomic E-state index is -0.939. The van der Waals surface area contributed by atoms with Gasteiger partial charge in [0.1, 0.15) is 4.38 Å². The van der Waals surface area contributed by atoms with Crippen molar-refractivity contribution in [2.75, 3.05) is 13.6 Å². The number of piperazine rings is 1. The molecule has 0 aromatic heterocycles. The molecule has 4 aliphatic heterocycles. The molecule has 5 nitrogen and oxygen atoms in total. The molecule has 2 atom stereocenters. The van der Waals surface area contributed by atoms with E-state index in [1.165, 1.54) is 28.4 Å². The lowest BCUT2D eigenvalue weighted by Crippen LogP contribution is -2.69. The summed E-state index contributed by atoms with van der Waals surface area (Å²) in [6, 6.07) is 0. The van der Waals surface area contributed by atoms with Crippen LogP contribution in [0, 0.1) is 5.41 Å². The maximum atomic E-state index is 12.5. The van der Waals surface area contributed by atoms with Crippen LogP contribution in [0.3, 0.4) is 0 Å². The zero-order valence-electron chi connectivity index (χ0n) is 9.65. The number of hydrogen-bond donors (Lipinski definition) is 1. The van der Waals surface area contributed by atoms with Gasteiger partial charge in [0.25, 0.3) is 11.8 Å². The Kier molecular flexibility index (Phi) is 2.15. The van der Waals surface area contributed by atoms with E-state index < -0.39 is 9.74 Å². The smallest absolute Gasteiger partial charge is 0.260 e. The number of carbonyl (C=O) groups excluding carboxylic acids is 2. The minimum absolute atomic E-state index is 0.0307. The van der Waals surface area contributed by atoms with E-state index >= 15 is 0 Å². The van der Waals surface area contributed by atoms with Crippen molar-refractivity contribution in [3.8, 4) is 0 Å². The highest BCUT2D eigenvalue weighted by atomic mass is 32.2. The van der Waals surface area contributed by atoms with Crippen molar-refractivity contribution in [1.82, 2.24) is 9.80 Å². The molecule has 4 saturated heterocycles. The first-order valence-electron chi connectivity index (χ1n) is 5.49. The number of thioether (sulfide) groups is 2. The monoisotopic (exact) mass is 271 g/mol. The fourth-order valence-electron chi connectivity index (χ4n) is 2.75. The number of likely N-dealkylation sites (N-methyl/N-ethyl adjacent to an activating group) is 1. The fraction of sp³-hybridized carbons (Fsp3) is 0.700. The van der Waals surface area contributed by atoms with E-state index in [0.717, 1.165) is 6.42 Å². The second-order valence-electron chi connectivity index (χ2n) is 4.68. The van der Waals surface area contributed by atoms with Gasteiger partial charge in [0.2, 0.25) is 0 Å². The van der Waals surface area contributed by atoms with Crippen LogP contribution in [0.4, 0.5) is 0 Å². The molecule has 0 unspecified atom stereocenters. The SMILES string of the molecule is CN1C(=O)[C@@]23CCCN2C(=O)[C@@]1(C)SC(=N)S3. The van der Waals surface area contributed by atoms with Gasteiger partial charge in [0.05, 0.1) is 0 Å². The van der Waals surface area contributed by atoms with Crippen LogP contribution >= 0.6 is 23.5 Å². The molecule has 4 heterocycles. The van der Waals surface area contributed by atoms with Crippen LogP contribution in [0.15, 0.2) is 0 Å². The summed E-state index contributed by atoms with van der Waals surface area (Å²) < 4.78 is 0.364. The van der Waals surface area contributed by atoms with E-state index in [-0.39, 0.29) is 11.8 Å². The lowest BCUT2D eigenvalue weighted by molar-refractivity contribution is -0.161. The summed E-state index contributed by atoms with van der Waals surface area (Å²) >= 11 is 2.42. The Bertz CT molecular complexity index is 453. The molecule has 0 aromatic carbocycles. The Hall–Kier alpha value is -0.690. The molecule has 4 fully saturated rings. The number of amides is 2. The second-order valence-corrected chi connectivity index (χ2v) is 7.64. The quantitative estimate of drug-likeness (QED) is 0.711. The third kappa shape index (κ3) is 1.16. The second kappa shape index (κ2) is 3.20. The van der Waals surface area contributed by atoms with Crippen LogP contribution in [0.1, 0.15) is 19.8 Å². The molecular formula is C10H13N3O2S2. The molecule has 92 valence electrons. The van der Waals surface area contributed by atoms with E-state index in [9.17, 15) is 9.59 Å². The molecule has 7 heteroatoms. The van der Waals surface area contributed by atoms with Gasteiger partial charge in [-0.1, -0.05) is 23.5 Å². The predicted octanol–water partition coefficient (Wildman–Crippen LogP) is 0.908. The van der Waals surface area contributed by atoms with Crippen molar-refractivity contribution in [3.05, 3.63) is 0 Å². The molecular weight excluding hydrogens is 258 g/mol. The van der Waals surface area contributed by atoms with E-state index in [2.05, 4.69) is 0 Å². The molecule has 0 aromatic rings. The number of nitrogens with one attached hydrogen (secondary N) is 1. The number of fused-ring (bicyclic) bond motifs is 3. The van der Waals surface area contributed by atoms with Gasteiger partial charge in [0, 0.05) is 13.6 Å². The molecule has 0 radical (unpaired) electrons. The van der Waals surface area contributed by atoms with Crippen LogP contribution < -0.4 is 0 Å². The summed E-state index contributed by atoms with van der Waals surface area (Å²) in [5.74, 6) is -0.0614. The summed E-state index contributed by atoms with van der Waals surface area (Å²) in [7, 11) is 1.67. The Morgan fingerprint density at radius 3 is 2.71 bits per heavy atom. The highest BCUT2D eigenvalue weighted by Gasteiger charge is 2.66. The minimum Gasteiger partial charge on any atom is -0.320 e. The van der Waals surface area contributed by atoms with E-state index in [4.69, 9.17) is 5.41 Å². The maximum Gasteiger partial charge on any atom is 0.260 e. The molecule has 0 saturated carbocycles. The Balaban J connectivity index is 2.23. The molecule has 17 heavy (non-hydrogen) atoms. The van der Waals surface area contributed by atoms with E-state index in [1.54, 1.807) is 18.9 Å². The van der Waals surface area contributed by atoms with Crippen LogP contribution in [0.2, 0.25) is 0 Å². The summed E-state index contributed by atoms with van der Waals surface area (Å²) in [6.45, 7) is 2.37. The molecule has 2 amide bonds. The van der Waals surface area contributed by atoms with Crippen molar-refractivity contribution in [3.63, 3.8) is 0 Å². The molecule has 4 rings (SSSR count). The summed E-state index contributed by atoms with van der Waals surface area (Å²) in [5.41, 5.74) is 0.